The second-order valence-corrected chi connectivity index (χ2v) is 6.06. The molecule has 1 aromatic carbocycles. The summed E-state index contributed by atoms with van der Waals surface area (Å²) >= 11 is 1.46. The Morgan fingerprint density at radius 3 is 2.90 bits per heavy atom. The first-order valence-electron chi connectivity index (χ1n) is 6.80. The third-order valence-electron chi connectivity index (χ3n) is 3.47. The standard InChI is InChI=1S/C15H12N4OS/c20-13(17-15-19-18-14(21-15)10-6-7-10)11-5-1-3-9-4-2-8-16-12(9)11/h1-5,8,10H,6-7H2,(H,17,19,20). The van der Waals surface area contributed by atoms with Crippen molar-refractivity contribution >= 4 is 33.3 Å². The maximum absolute atomic E-state index is 12.4. The molecule has 1 fully saturated rings. The number of rotatable bonds is 3. The monoisotopic (exact) mass is 296 g/mol. The summed E-state index contributed by atoms with van der Waals surface area (Å²) in [7, 11) is 0. The molecule has 3 aromatic rings. The molecule has 2 heterocycles. The van der Waals surface area contributed by atoms with E-state index in [0.717, 1.165) is 10.4 Å². The molecular formula is C15H12N4OS. The van der Waals surface area contributed by atoms with Crippen molar-refractivity contribution in [3.8, 4) is 0 Å². The first-order valence-corrected chi connectivity index (χ1v) is 7.61. The Labute approximate surface area is 125 Å². The zero-order chi connectivity index (χ0) is 14.2. The smallest absolute Gasteiger partial charge is 0.259 e. The maximum Gasteiger partial charge on any atom is 0.259 e. The fourth-order valence-electron chi connectivity index (χ4n) is 2.23. The first kappa shape index (κ1) is 12.4. The lowest BCUT2D eigenvalue weighted by molar-refractivity contribution is 0.102. The van der Waals surface area contributed by atoms with Crippen LogP contribution in [0, 0.1) is 0 Å². The third-order valence-corrected chi connectivity index (χ3v) is 4.47. The summed E-state index contributed by atoms with van der Waals surface area (Å²) in [6.45, 7) is 0. The van der Waals surface area contributed by atoms with Crippen LogP contribution in [0.25, 0.3) is 10.9 Å². The van der Waals surface area contributed by atoms with E-state index in [2.05, 4.69) is 20.5 Å². The lowest BCUT2D eigenvalue weighted by atomic mass is 10.1. The molecule has 0 aliphatic heterocycles. The molecule has 21 heavy (non-hydrogen) atoms. The van der Waals surface area contributed by atoms with Crippen LogP contribution in [-0.4, -0.2) is 21.1 Å². The average molecular weight is 296 g/mol. The highest BCUT2D eigenvalue weighted by Crippen LogP contribution is 2.42. The van der Waals surface area contributed by atoms with E-state index in [0.29, 0.717) is 22.1 Å². The minimum atomic E-state index is -0.196. The molecule has 1 N–H and O–H groups in total. The molecule has 0 radical (unpaired) electrons. The van der Waals surface area contributed by atoms with Gasteiger partial charge in [0.2, 0.25) is 5.13 Å². The van der Waals surface area contributed by atoms with Crippen molar-refractivity contribution in [1.29, 1.82) is 0 Å². The van der Waals surface area contributed by atoms with Crippen molar-refractivity contribution < 1.29 is 4.79 Å². The van der Waals surface area contributed by atoms with Gasteiger partial charge in [-0.05, 0) is 25.0 Å². The molecule has 0 unspecified atom stereocenters. The van der Waals surface area contributed by atoms with Crippen LogP contribution < -0.4 is 5.32 Å². The molecule has 5 nitrogen and oxygen atoms in total. The highest BCUT2D eigenvalue weighted by Gasteiger charge is 2.27. The van der Waals surface area contributed by atoms with Crippen LogP contribution in [0.3, 0.4) is 0 Å². The topological polar surface area (TPSA) is 67.8 Å². The summed E-state index contributed by atoms with van der Waals surface area (Å²) in [4.78, 5) is 16.7. The van der Waals surface area contributed by atoms with Crippen LogP contribution in [0.5, 0.6) is 0 Å². The van der Waals surface area contributed by atoms with Crippen molar-refractivity contribution in [3.05, 3.63) is 47.1 Å². The van der Waals surface area contributed by atoms with E-state index in [1.807, 2.05) is 24.3 Å². The zero-order valence-electron chi connectivity index (χ0n) is 11.1. The highest BCUT2D eigenvalue weighted by molar-refractivity contribution is 7.15. The van der Waals surface area contributed by atoms with Crippen molar-refractivity contribution in [2.75, 3.05) is 5.32 Å². The number of anilines is 1. The largest absolute Gasteiger partial charge is 0.296 e. The lowest BCUT2D eigenvalue weighted by Crippen LogP contribution is -2.12. The van der Waals surface area contributed by atoms with E-state index in [1.54, 1.807) is 12.3 Å². The van der Waals surface area contributed by atoms with Gasteiger partial charge in [0, 0.05) is 17.5 Å². The van der Waals surface area contributed by atoms with Gasteiger partial charge in [-0.1, -0.05) is 29.5 Å². The SMILES string of the molecule is O=C(Nc1nnc(C2CC2)s1)c1cccc2cccnc12. The number of carbonyl (C=O) groups excluding carboxylic acids is 1. The van der Waals surface area contributed by atoms with Gasteiger partial charge in [0.05, 0.1) is 11.1 Å². The molecule has 0 spiro atoms. The minimum absolute atomic E-state index is 0.196. The molecule has 4 rings (SSSR count). The van der Waals surface area contributed by atoms with Crippen LogP contribution in [0.1, 0.15) is 34.1 Å². The van der Waals surface area contributed by atoms with E-state index in [1.165, 1.54) is 24.2 Å². The number of hydrogen-bond acceptors (Lipinski definition) is 5. The lowest BCUT2D eigenvalue weighted by Gasteiger charge is -2.04. The van der Waals surface area contributed by atoms with Gasteiger partial charge < -0.3 is 0 Å². The van der Waals surface area contributed by atoms with Gasteiger partial charge in [-0.2, -0.15) is 0 Å². The van der Waals surface area contributed by atoms with Crippen LogP contribution in [0.4, 0.5) is 5.13 Å². The van der Waals surface area contributed by atoms with Gasteiger partial charge >= 0.3 is 0 Å². The summed E-state index contributed by atoms with van der Waals surface area (Å²) in [6, 6.07) is 9.36. The normalized spacial score (nSPS) is 14.3. The summed E-state index contributed by atoms with van der Waals surface area (Å²) in [6.07, 6.45) is 4.04. The Hall–Kier alpha value is -2.34. The van der Waals surface area contributed by atoms with Gasteiger partial charge in [-0.25, -0.2) is 0 Å². The molecular weight excluding hydrogens is 284 g/mol. The quantitative estimate of drug-likeness (QED) is 0.806. The Bertz CT molecular complexity index is 820. The van der Waals surface area contributed by atoms with Crippen LogP contribution in [0.15, 0.2) is 36.5 Å². The van der Waals surface area contributed by atoms with Crippen molar-refractivity contribution in [2.24, 2.45) is 0 Å². The van der Waals surface area contributed by atoms with E-state index in [-0.39, 0.29) is 5.91 Å². The van der Waals surface area contributed by atoms with E-state index in [9.17, 15) is 4.79 Å². The average Bonchev–Trinajstić information content (AvgIpc) is 3.27. The molecule has 0 saturated heterocycles. The van der Waals surface area contributed by atoms with Gasteiger partial charge in [-0.3, -0.25) is 15.1 Å². The Morgan fingerprint density at radius 2 is 2.05 bits per heavy atom. The molecule has 6 heteroatoms. The second kappa shape index (κ2) is 4.89. The number of para-hydroxylation sites is 1. The summed E-state index contributed by atoms with van der Waals surface area (Å²) in [5.41, 5.74) is 1.25. The number of nitrogens with zero attached hydrogens (tertiary/aromatic N) is 3. The van der Waals surface area contributed by atoms with Crippen molar-refractivity contribution in [1.82, 2.24) is 15.2 Å². The van der Waals surface area contributed by atoms with E-state index < -0.39 is 0 Å². The fourth-order valence-corrected chi connectivity index (χ4v) is 3.14. The maximum atomic E-state index is 12.4. The number of amides is 1. The number of fused-ring (bicyclic) bond motifs is 1. The molecule has 1 amide bonds. The molecule has 1 aliphatic rings. The van der Waals surface area contributed by atoms with E-state index in [4.69, 9.17) is 0 Å². The third kappa shape index (κ3) is 2.38. The molecule has 104 valence electrons. The molecule has 0 bridgehead atoms. The van der Waals surface area contributed by atoms with Crippen molar-refractivity contribution in [3.63, 3.8) is 0 Å². The molecule has 1 aliphatic carbocycles. The molecule has 0 atom stereocenters. The van der Waals surface area contributed by atoms with E-state index >= 15 is 0 Å². The Balaban J connectivity index is 1.63. The number of nitrogens with one attached hydrogen (secondary N) is 1. The summed E-state index contributed by atoms with van der Waals surface area (Å²) < 4.78 is 0. The second-order valence-electron chi connectivity index (χ2n) is 5.05. The first-order chi connectivity index (χ1) is 10.3. The number of hydrogen-bond donors (Lipinski definition) is 1. The summed E-state index contributed by atoms with van der Waals surface area (Å²) in [5, 5.41) is 13.5. The predicted molar refractivity (Wildman–Crippen MR) is 81.6 cm³/mol. The molecule has 1 saturated carbocycles. The molecule has 2 aromatic heterocycles. The zero-order valence-corrected chi connectivity index (χ0v) is 11.9. The highest BCUT2D eigenvalue weighted by atomic mass is 32.1. The minimum Gasteiger partial charge on any atom is -0.296 e. The number of benzene rings is 1. The van der Waals surface area contributed by atoms with Crippen LogP contribution in [0.2, 0.25) is 0 Å². The number of carbonyl (C=O) groups is 1. The van der Waals surface area contributed by atoms with Gasteiger partial charge in [0.15, 0.2) is 0 Å². The Morgan fingerprint density at radius 1 is 1.19 bits per heavy atom. The van der Waals surface area contributed by atoms with Crippen LogP contribution in [-0.2, 0) is 0 Å². The van der Waals surface area contributed by atoms with Gasteiger partial charge in [-0.15, -0.1) is 10.2 Å². The van der Waals surface area contributed by atoms with Gasteiger partial charge in [0.25, 0.3) is 5.91 Å². The fraction of sp³-hybridized carbons (Fsp3) is 0.200. The van der Waals surface area contributed by atoms with Crippen LogP contribution >= 0.6 is 11.3 Å². The van der Waals surface area contributed by atoms with Crippen molar-refractivity contribution in [2.45, 2.75) is 18.8 Å². The van der Waals surface area contributed by atoms with Gasteiger partial charge in [0.1, 0.15) is 5.01 Å². The Kier molecular flexibility index (Phi) is 2.89. The number of aromatic nitrogens is 3. The predicted octanol–water partition coefficient (Wildman–Crippen LogP) is 3.22. The number of pyridine rings is 1. The summed E-state index contributed by atoms with van der Waals surface area (Å²) in [5.74, 6) is 0.352.